The molecule has 5 heteroatoms. The molecule has 0 aliphatic heterocycles. The first kappa shape index (κ1) is 21.0. The van der Waals surface area contributed by atoms with Gasteiger partial charge in [-0.25, -0.2) is 0 Å². The van der Waals surface area contributed by atoms with Crippen LogP contribution in [0.15, 0.2) is 0 Å². The van der Waals surface area contributed by atoms with Gasteiger partial charge in [0.25, 0.3) is 0 Å². The first-order chi connectivity index (χ1) is 8.88. The van der Waals surface area contributed by atoms with E-state index in [0.717, 1.165) is 0 Å². The van der Waals surface area contributed by atoms with Gasteiger partial charge >= 0.3 is 0 Å². The average molecular weight is 336 g/mol. The molecular formula is C15H37N2P2Si-. The van der Waals surface area contributed by atoms with Gasteiger partial charge < -0.3 is 7.82 Å². The van der Waals surface area contributed by atoms with E-state index in [1.54, 1.807) is 7.82 Å². The Balaban J connectivity index is 5.54. The molecule has 0 heterocycles. The standard InChI is InChI=1S/C15H37N2P2Si/c1-12(2)16(13(3)4)19(18-20(9,10)11)17(14(5)6)15(7)8/h12-15H,1-11H3/q-1. The van der Waals surface area contributed by atoms with Crippen LogP contribution >= 0.6 is 15.7 Å². The van der Waals surface area contributed by atoms with Gasteiger partial charge in [-0.2, -0.15) is 0 Å². The van der Waals surface area contributed by atoms with E-state index in [4.69, 9.17) is 0 Å². The molecule has 0 aliphatic rings. The van der Waals surface area contributed by atoms with E-state index in [1.807, 2.05) is 0 Å². The van der Waals surface area contributed by atoms with Crippen LogP contribution in [0.4, 0.5) is 0 Å². The highest BCUT2D eigenvalue weighted by Crippen LogP contribution is 2.67. The minimum Gasteiger partial charge on any atom is -0.476 e. The summed E-state index contributed by atoms with van der Waals surface area (Å²) in [6, 6.07) is 2.46. The Hall–Kier alpha value is 0.997. The summed E-state index contributed by atoms with van der Waals surface area (Å²) in [6.07, 6.45) is 0. The second kappa shape index (κ2) is 8.58. The maximum Gasteiger partial charge on any atom is 0.00682 e. The van der Waals surface area contributed by atoms with Crippen molar-refractivity contribution in [3.05, 3.63) is 0 Å². The topological polar surface area (TPSA) is 6.48 Å². The van der Waals surface area contributed by atoms with E-state index >= 15 is 0 Å². The van der Waals surface area contributed by atoms with Crippen LogP contribution in [0.3, 0.4) is 0 Å². The highest BCUT2D eigenvalue weighted by molar-refractivity contribution is 8.33. The summed E-state index contributed by atoms with van der Waals surface area (Å²) < 4.78 is 5.55. The molecule has 0 rings (SSSR count). The van der Waals surface area contributed by atoms with Crippen molar-refractivity contribution in [1.29, 1.82) is 0 Å². The second-order valence-corrected chi connectivity index (χ2v) is 21.2. The molecule has 0 atom stereocenters. The Kier molecular flexibility index (Phi) is 9.01. The van der Waals surface area contributed by atoms with Crippen LogP contribution in [-0.2, 0) is 0 Å². The number of rotatable bonds is 8. The van der Waals surface area contributed by atoms with Gasteiger partial charge in [-0.15, -0.1) is 7.91 Å². The monoisotopic (exact) mass is 335 g/mol. The first-order valence-corrected chi connectivity index (χ1v) is 15.2. The molecule has 0 spiro atoms. The minimum atomic E-state index is -1.11. The molecule has 0 saturated carbocycles. The third-order valence-corrected chi connectivity index (χ3v) is 17.0. The average Bonchev–Trinajstić information content (AvgIpc) is 2.11. The molecule has 0 saturated heterocycles. The first-order valence-electron chi connectivity index (χ1n) is 7.98. The number of hydrogen-bond acceptors (Lipinski definition) is 2. The zero-order chi connectivity index (χ0) is 16.2. The summed E-state index contributed by atoms with van der Waals surface area (Å²) in [4.78, 5) is 0. The normalized spacial score (nSPS) is 14.7. The lowest BCUT2D eigenvalue weighted by Crippen LogP contribution is -2.42. The maximum atomic E-state index is 2.77. The van der Waals surface area contributed by atoms with E-state index in [2.05, 4.69) is 84.4 Å². The lowest BCUT2D eigenvalue weighted by Gasteiger charge is -2.58. The smallest absolute Gasteiger partial charge is 0.00682 e. The van der Waals surface area contributed by atoms with E-state index in [-0.39, 0.29) is 7.91 Å². The summed E-state index contributed by atoms with van der Waals surface area (Å²) in [7, 11) is 0.359. The molecule has 0 fully saturated rings. The third kappa shape index (κ3) is 6.84. The summed E-state index contributed by atoms with van der Waals surface area (Å²) in [5.41, 5.74) is 0. The van der Waals surface area contributed by atoms with E-state index in [0.29, 0.717) is 24.2 Å². The van der Waals surface area contributed by atoms with Crippen molar-refractivity contribution in [1.82, 2.24) is 9.34 Å². The van der Waals surface area contributed by atoms with Crippen LogP contribution < -0.4 is 0 Å². The number of hydrogen-bond donors (Lipinski definition) is 0. The van der Waals surface area contributed by atoms with Crippen molar-refractivity contribution in [2.24, 2.45) is 0 Å². The molecule has 0 radical (unpaired) electrons. The van der Waals surface area contributed by atoms with Crippen LogP contribution in [0.25, 0.3) is 0 Å². The molecule has 0 N–H and O–H groups in total. The zero-order valence-electron chi connectivity index (χ0n) is 15.6. The van der Waals surface area contributed by atoms with Gasteiger partial charge in [0.1, 0.15) is 0 Å². The molecule has 0 amide bonds. The fraction of sp³-hybridized carbons (Fsp3) is 1.00. The predicted molar refractivity (Wildman–Crippen MR) is 101 cm³/mol. The van der Waals surface area contributed by atoms with Gasteiger partial charge in [0, 0.05) is 24.2 Å². The second-order valence-electron chi connectivity index (χ2n) is 7.67. The largest absolute Gasteiger partial charge is 0.476 e. The lowest BCUT2D eigenvalue weighted by atomic mass is 10.3. The zero-order valence-corrected chi connectivity index (χ0v) is 18.4. The fourth-order valence-electron chi connectivity index (χ4n) is 2.51. The molecule has 0 unspecified atom stereocenters. The van der Waals surface area contributed by atoms with Gasteiger partial charge in [0.15, 0.2) is 0 Å². The minimum absolute atomic E-state index is 0.233. The van der Waals surface area contributed by atoms with Gasteiger partial charge in [-0.1, -0.05) is 27.4 Å². The molecule has 0 aromatic rings. The van der Waals surface area contributed by atoms with Crippen LogP contribution in [0.1, 0.15) is 55.4 Å². The van der Waals surface area contributed by atoms with Crippen molar-refractivity contribution < 1.29 is 0 Å². The quantitative estimate of drug-likeness (QED) is 0.383. The third-order valence-electron chi connectivity index (χ3n) is 2.92. The molecule has 0 bridgehead atoms. The predicted octanol–water partition coefficient (Wildman–Crippen LogP) is 6.23. The Morgan fingerprint density at radius 1 is 0.650 bits per heavy atom. The highest BCUT2D eigenvalue weighted by Gasteiger charge is 2.27. The van der Waals surface area contributed by atoms with Crippen LogP contribution in [0.5, 0.6) is 0 Å². The fourth-order valence-corrected chi connectivity index (χ4v) is 16.5. The molecule has 0 aromatic carbocycles. The highest BCUT2D eigenvalue weighted by atomic mass is 32.2. The van der Waals surface area contributed by atoms with Crippen molar-refractivity contribution in [2.75, 3.05) is 0 Å². The van der Waals surface area contributed by atoms with Gasteiger partial charge in [0.2, 0.25) is 0 Å². The molecule has 2 nitrogen and oxygen atoms in total. The van der Waals surface area contributed by atoms with E-state index < -0.39 is 7.74 Å². The van der Waals surface area contributed by atoms with Gasteiger partial charge in [-0.05, 0) is 55.4 Å². The van der Waals surface area contributed by atoms with Crippen LogP contribution in [0, 0.1) is 0 Å². The van der Waals surface area contributed by atoms with Crippen LogP contribution in [0.2, 0.25) is 19.6 Å². The molecule has 0 aromatic heterocycles. The lowest BCUT2D eigenvalue weighted by molar-refractivity contribution is 0.264. The van der Waals surface area contributed by atoms with Crippen molar-refractivity contribution in [3.63, 3.8) is 0 Å². The van der Waals surface area contributed by atoms with E-state index in [9.17, 15) is 0 Å². The Bertz CT molecular complexity index is 240. The summed E-state index contributed by atoms with van der Waals surface area (Å²) in [5, 5.41) is 0. The van der Waals surface area contributed by atoms with Gasteiger partial charge in [0.05, 0.1) is 0 Å². The SMILES string of the molecule is CC(C)N(C(C)C)P([P-][Si](C)(C)C)N(C(C)C)C(C)C. The Labute approximate surface area is 132 Å². The van der Waals surface area contributed by atoms with Crippen LogP contribution in [-0.4, -0.2) is 41.2 Å². The summed E-state index contributed by atoms with van der Waals surface area (Å²) in [6.45, 7) is 26.3. The molecule has 0 aliphatic carbocycles. The summed E-state index contributed by atoms with van der Waals surface area (Å²) >= 11 is 0. The molecular weight excluding hydrogens is 298 g/mol. The Morgan fingerprint density at radius 3 is 1.05 bits per heavy atom. The van der Waals surface area contributed by atoms with E-state index in [1.165, 1.54) is 0 Å². The Morgan fingerprint density at radius 2 is 0.900 bits per heavy atom. The van der Waals surface area contributed by atoms with Gasteiger partial charge in [-0.3, -0.25) is 9.34 Å². The summed E-state index contributed by atoms with van der Waals surface area (Å²) in [5.74, 6) is 0. The van der Waals surface area contributed by atoms with Crippen molar-refractivity contribution in [2.45, 2.75) is 99.2 Å². The van der Waals surface area contributed by atoms with Crippen molar-refractivity contribution >= 4 is 23.5 Å². The maximum absolute atomic E-state index is 2.77. The van der Waals surface area contributed by atoms with Crippen molar-refractivity contribution in [3.8, 4) is 0 Å². The number of nitrogens with zero attached hydrogens (tertiary/aromatic N) is 2. The molecule has 20 heavy (non-hydrogen) atoms. The molecule has 122 valence electrons.